The van der Waals surface area contributed by atoms with Gasteiger partial charge in [0.25, 0.3) is 0 Å². The minimum Gasteiger partial charge on any atom is -0.369 e. The van der Waals surface area contributed by atoms with Gasteiger partial charge in [-0.3, -0.25) is 4.79 Å². The summed E-state index contributed by atoms with van der Waals surface area (Å²) < 4.78 is 40.7. The van der Waals surface area contributed by atoms with E-state index in [0.29, 0.717) is 23.3 Å². The molecule has 3 aromatic carbocycles. The van der Waals surface area contributed by atoms with Crippen LogP contribution in [0.5, 0.6) is 0 Å². The van der Waals surface area contributed by atoms with Crippen LogP contribution in [0.3, 0.4) is 0 Å². The Morgan fingerprint density at radius 2 is 1.57 bits per heavy atom. The van der Waals surface area contributed by atoms with Crippen molar-refractivity contribution >= 4 is 17.3 Å². The molecule has 10 heteroatoms. The van der Waals surface area contributed by atoms with Gasteiger partial charge in [-0.15, -0.1) is 5.10 Å². The second kappa shape index (κ2) is 12.3. The molecule has 1 heterocycles. The van der Waals surface area contributed by atoms with Gasteiger partial charge in [0.2, 0.25) is 5.91 Å². The third-order valence-corrected chi connectivity index (χ3v) is 6.29. The Balaban J connectivity index is 1.76. The van der Waals surface area contributed by atoms with E-state index in [0.717, 1.165) is 41.5 Å². The van der Waals surface area contributed by atoms with E-state index in [1.165, 1.54) is 18.2 Å². The summed E-state index contributed by atoms with van der Waals surface area (Å²) in [6.07, 6.45) is -4.96. The quantitative estimate of drug-likeness (QED) is 0.225. The van der Waals surface area contributed by atoms with Crippen LogP contribution < -0.4 is 10.2 Å². The van der Waals surface area contributed by atoms with Crippen LogP contribution in [-0.4, -0.2) is 39.6 Å². The van der Waals surface area contributed by atoms with Crippen molar-refractivity contribution in [3.05, 3.63) is 77.9 Å². The average Bonchev–Trinajstić information content (AvgIpc) is 3.42. The van der Waals surface area contributed by atoms with Gasteiger partial charge < -0.3 is 10.2 Å². The lowest BCUT2D eigenvalue weighted by molar-refractivity contribution is -0.138. The molecule has 0 radical (unpaired) electrons. The monoisotopic (exact) mass is 550 g/mol. The lowest BCUT2D eigenvalue weighted by Gasteiger charge is -2.31. The zero-order valence-corrected chi connectivity index (χ0v) is 23.0. The highest BCUT2D eigenvalue weighted by atomic mass is 19.4. The summed E-state index contributed by atoms with van der Waals surface area (Å²) >= 11 is 0. The number of halogens is 3. The summed E-state index contributed by atoms with van der Waals surface area (Å²) in [5, 5.41) is 17.1. The molecule has 2 N–H and O–H groups in total. The number of benzene rings is 3. The lowest BCUT2D eigenvalue weighted by Crippen LogP contribution is -2.32. The summed E-state index contributed by atoms with van der Waals surface area (Å²) in [7, 11) is 0. The second-order valence-electron chi connectivity index (χ2n) is 10.6. The number of carbonyl (C=O) groups excluding carboxylic acids is 1. The number of carbonyl (C=O) groups is 1. The van der Waals surface area contributed by atoms with Crippen LogP contribution in [0.1, 0.15) is 38.8 Å². The number of hydrogen-bond donors (Lipinski definition) is 2. The lowest BCUT2D eigenvalue weighted by atomic mass is 9.97. The molecule has 210 valence electrons. The number of aromatic amines is 1. The summed E-state index contributed by atoms with van der Waals surface area (Å²) in [6.45, 7) is 9.98. The summed E-state index contributed by atoms with van der Waals surface area (Å²) in [5.41, 5.74) is 2.86. The molecule has 7 nitrogen and oxygen atoms in total. The Kier molecular flexibility index (Phi) is 8.86. The topological polar surface area (TPSA) is 86.8 Å². The van der Waals surface area contributed by atoms with Crippen LogP contribution >= 0.6 is 0 Å². The molecule has 4 rings (SSSR count). The molecular weight excluding hydrogens is 517 g/mol. The number of alkyl halides is 3. The summed E-state index contributed by atoms with van der Waals surface area (Å²) in [4.78, 5) is 15.5. The molecule has 0 aliphatic rings. The van der Waals surface area contributed by atoms with Gasteiger partial charge in [-0.1, -0.05) is 76.2 Å². The summed E-state index contributed by atoms with van der Waals surface area (Å²) in [5.74, 6) is 0.660. The molecule has 4 aromatic rings. The van der Waals surface area contributed by atoms with Gasteiger partial charge in [-0.2, -0.15) is 13.2 Å². The van der Waals surface area contributed by atoms with E-state index in [1.807, 2.05) is 42.5 Å². The molecule has 0 aliphatic carbocycles. The molecule has 0 unspecified atom stereocenters. The van der Waals surface area contributed by atoms with Crippen LogP contribution in [0.2, 0.25) is 0 Å². The molecule has 0 saturated carbocycles. The van der Waals surface area contributed by atoms with Crippen molar-refractivity contribution < 1.29 is 18.0 Å². The van der Waals surface area contributed by atoms with E-state index in [4.69, 9.17) is 0 Å². The standard InChI is InChI=1S/C30H33F3N6O/c1-19(2)17-39(18-20(3)4)27-14-13-21(23-10-6-7-11-24(23)29-35-37-38-36-29)15-26(27)34-28(40)16-22-9-5-8-12-25(22)30(31,32)33/h5-15,19-20H,16-18H2,1-4H3,(H,34,40)(H,35,36,37,38). The third kappa shape index (κ3) is 7.05. The highest BCUT2D eigenvalue weighted by molar-refractivity contribution is 5.97. The number of rotatable bonds is 10. The Bertz CT molecular complexity index is 1420. The van der Waals surface area contributed by atoms with Crippen LogP contribution in [0.15, 0.2) is 66.7 Å². The van der Waals surface area contributed by atoms with Crippen molar-refractivity contribution in [2.75, 3.05) is 23.3 Å². The van der Waals surface area contributed by atoms with E-state index in [2.05, 4.69) is 58.5 Å². The minimum absolute atomic E-state index is 0.0745. The zero-order chi connectivity index (χ0) is 28.9. The number of nitrogens with one attached hydrogen (secondary N) is 2. The molecule has 0 saturated heterocycles. The van der Waals surface area contributed by atoms with E-state index in [1.54, 1.807) is 0 Å². The highest BCUT2D eigenvalue weighted by Gasteiger charge is 2.33. The number of H-pyrrole nitrogens is 1. The highest BCUT2D eigenvalue weighted by Crippen LogP contribution is 2.37. The van der Waals surface area contributed by atoms with Crippen molar-refractivity contribution in [1.29, 1.82) is 0 Å². The average molecular weight is 551 g/mol. The molecule has 1 aromatic heterocycles. The molecular formula is C30H33F3N6O. The van der Waals surface area contributed by atoms with Gasteiger partial charge in [0.05, 0.1) is 23.4 Å². The first kappa shape index (κ1) is 28.8. The predicted molar refractivity (Wildman–Crippen MR) is 151 cm³/mol. The third-order valence-electron chi connectivity index (χ3n) is 6.29. The fraction of sp³-hybridized carbons (Fsp3) is 0.333. The fourth-order valence-corrected chi connectivity index (χ4v) is 4.77. The molecule has 0 fully saturated rings. The van der Waals surface area contributed by atoms with Crippen molar-refractivity contribution in [2.24, 2.45) is 11.8 Å². The maximum absolute atomic E-state index is 13.6. The number of anilines is 2. The largest absolute Gasteiger partial charge is 0.416 e. The van der Waals surface area contributed by atoms with Crippen molar-refractivity contribution in [1.82, 2.24) is 20.6 Å². The number of amides is 1. The maximum Gasteiger partial charge on any atom is 0.416 e. The first-order valence-electron chi connectivity index (χ1n) is 13.2. The van der Waals surface area contributed by atoms with Gasteiger partial charge in [0.15, 0.2) is 5.82 Å². The molecule has 0 bridgehead atoms. The first-order valence-corrected chi connectivity index (χ1v) is 13.2. The Labute approximate surface area is 231 Å². The minimum atomic E-state index is -4.55. The number of aromatic nitrogens is 4. The summed E-state index contributed by atoms with van der Waals surface area (Å²) in [6, 6.07) is 18.5. The molecule has 0 spiro atoms. The van der Waals surface area contributed by atoms with Crippen molar-refractivity contribution in [3.8, 4) is 22.5 Å². The van der Waals surface area contributed by atoms with E-state index in [9.17, 15) is 18.0 Å². The normalized spacial score (nSPS) is 11.7. The Hall–Kier alpha value is -4.21. The number of nitrogens with zero attached hydrogens (tertiary/aromatic N) is 4. The van der Waals surface area contributed by atoms with Crippen molar-refractivity contribution in [3.63, 3.8) is 0 Å². The Morgan fingerprint density at radius 1 is 0.925 bits per heavy atom. The van der Waals surface area contributed by atoms with Gasteiger partial charge in [-0.05, 0) is 57.2 Å². The molecule has 0 atom stereocenters. The first-order chi connectivity index (χ1) is 19.0. The number of hydrogen-bond acceptors (Lipinski definition) is 5. The van der Waals surface area contributed by atoms with Crippen molar-refractivity contribution in [2.45, 2.75) is 40.3 Å². The second-order valence-corrected chi connectivity index (χ2v) is 10.6. The van der Waals surface area contributed by atoms with Gasteiger partial charge in [0.1, 0.15) is 0 Å². The van der Waals surface area contributed by atoms with E-state index < -0.39 is 24.1 Å². The fourth-order valence-electron chi connectivity index (χ4n) is 4.77. The number of tetrazole rings is 1. The van der Waals surface area contributed by atoms with Crippen LogP contribution in [0.25, 0.3) is 22.5 Å². The molecule has 0 aliphatic heterocycles. The van der Waals surface area contributed by atoms with Gasteiger partial charge in [0, 0.05) is 18.7 Å². The Morgan fingerprint density at radius 3 is 2.20 bits per heavy atom. The molecule has 40 heavy (non-hydrogen) atoms. The van der Waals surface area contributed by atoms with E-state index >= 15 is 0 Å². The maximum atomic E-state index is 13.6. The van der Waals surface area contributed by atoms with Crippen LogP contribution in [0, 0.1) is 11.8 Å². The van der Waals surface area contributed by atoms with Gasteiger partial charge in [-0.25, -0.2) is 5.10 Å². The van der Waals surface area contributed by atoms with Crippen LogP contribution in [-0.2, 0) is 17.4 Å². The van der Waals surface area contributed by atoms with E-state index in [-0.39, 0.29) is 5.56 Å². The van der Waals surface area contributed by atoms with Crippen LogP contribution in [0.4, 0.5) is 24.5 Å². The SMILES string of the molecule is CC(C)CN(CC(C)C)c1ccc(-c2ccccc2-c2nnn[nH]2)cc1NC(=O)Cc1ccccc1C(F)(F)F. The van der Waals surface area contributed by atoms with Gasteiger partial charge >= 0.3 is 6.18 Å². The smallest absolute Gasteiger partial charge is 0.369 e. The molecule has 1 amide bonds. The predicted octanol–water partition coefficient (Wildman–Crippen LogP) is 6.85. The zero-order valence-electron chi connectivity index (χ0n) is 23.0.